The van der Waals surface area contributed by atoms with Crippen molar-refractivity contribution in [1.82, 2.24) is 4.98 Å². The van der Waals surface area contributed by atoms with Crippen molar-refractivity contribution in [1.29, 1.82) is 0 Å². The van der Waals surface area contributed by atoms with Gasteiger partial charge in [-0.25, -0.2) is 4.79 Å². The molecule has 0 fully saturated rings. The highest BCUT2D eigenvalue weighted by Crippen LogP contribution is 2.23. The number of hydrogen-bond donors (Lipinski definition) is 2. The van der Waals surface area contributed by atoms with Crippen molar-refractivity contribution in [3.8, 4) is 0 Å². The maximum atomic E-state index is 11.1. The fourth-order valence-corrected chi connectivity index (χ4v) is 1.82. The highest BCUT2D eigenvalue weighted by Gasteiger charge is 2.11. The third kappa shape index (κ3) is 2.13. The molecule has 3 aromatic rings. The molecule has 1 aromatic heterocycles. The predicted octanol–water partition coefficient (Wildman–Crippen LogP) is 3.27. The van der Waals surface area contributed by atoms with Gasteiger partial charge in [-0.15, -0.1) is 0 Å². The van der Waals surface area contributed by atoms with E-state index in [1.807, 2.05) is 18.2 Å². The van der Waals surface area contributed by atoms with Crippen LogP contribution in [0.25, 0.3) is 11.1 Å². The molecule has 2 N–H and O–H groups in total. The molecule has 0 radical (unpaired) electrons. The van der Waals surface area contributed by atoms with E-state index < -0.39 is 5.97 Å². The number of oxazole rings is 1. The molecule has 0 saturated heterocycles. The van der Waals surface area contributed by atoms with Crippen molar-refractivity contribution in [2.45, 2.75) is 0 Å². The lowest BCUT2D eigenvalue weighted by Crippen LogP contribution is -2.02. The molecule has 0 aliphatic rings. The van der Waals surface area contributed by atoms with Gasteiger partial charge in [0.1, 0.15) is 5.52 Å². The zero-order valence-corrected chi connectivity index (χ0v) is 9.83. The molecule has 5 nitrogen and oxygen atoms in total. The number of benzene rings is 2. The van der Waals surface area contributed by atoms with Gasteiger partial charge in [0.25, 0.3) is 6.01 Å². The molecule has 0 aliphatic carbocycles. The molecule has 2 aromatic carbocycles. The van der Waals surface area contributed by atoms with E-state index in [1.54, 1.807) is 24.3 Å². The highest BCUT2D eigenvalue weighted by atomic mass is 16.4. The highest BCUT2D eigenvalue weighted by molar-refractivity contribution is 5.95. The van der Waals surface area contributed by atoms with Gasteiger partial charge in [0.05, 0.1) is 11.3 Å². The summed E-state index contributed by atoms with van der Waals surface area (Å²) in [5, 5.41) is 12.0. The second kappa shape index (κ2) is 4.45. The summed E-state index contributed by atoms with van der Waals surface area (Å²) in [6.07, 6.45) is 0. The number of carboxylic acid groups (broad SMARTS) is 1. The fourth-order valence-electron chi connectivity index (χ4n) is 1.82. The number of carboxylic acids is 1. The predicted molar refractivity (Wildman–Crippen MR) is 70.7 cm³/mol. The van der Waals surface area contributed by atoms with E-state index in [0.717, 1.165) is 5.52 Å². The van der Waals surface area contributed by atoms with Crippen LogP contribution in [0, 0.1) is 0 Å². The lowest BCUT2D eigenvalue weighted by Gasteiger charge is -2.04. The molecule has 0 unspecified atom stereocenters. The average molecular weight is 254 g/mol. The van der Waals surface area contributed by atoms with E-state index in [1.165, 1.54) is 6.07 Å². The summed E-state index contributed by atoms with van der Waals surface area (Å²) in [6.45, 7) is 0. The van der Waals surface area contributed by atoms with Crippen LogP contribution in [0.1, 0.15) is 10.4 Å². The molecule has 0 atom stereocenters. The van der Waals surface area contributed by atoms with E-state index >= 15 is 0 Å². The lowest BCUT2D eigenvalue weighted by atomic mass is 10.2. The Morgan fingerprint density at radius 2 is 1.84 bits per heavy atom. The third-order valence-corrected chi connectivity index (χ3v) is 2.69. The zero-order valence-electron chi connectivity index (χ0n) is 9.83. The van der Waals surface area contributed by atoms with Crippen LogP contribution in [0.4, 0.5) is 11.7 Å². The van der Waals surface area contributed by atoms with E-state index in [2.05, 4.69) is 10.3 Å². The first-order valence-electron chi connectivity index (χ1n) is 5.69. The molecule has 19 heavy (non-hydrogen) atoms. The molecule has 3 rings (SSSR count). The molecule has 0 saturated carbocycles. The Morgan fingerprint density at radius 1 is 1.11 bits per heavy atom. The number of para-hydroxylation sites is 3. The Labute approximate surface area is 108 Å². The molecule has 1 heterocycles. The maximum absolute atomic E-state index is 11.1. The second-order valence-electron chi connectivity index (χ2n) is 3.96. The van der Waals surface area contributed by atoms with Crippen LogP contribution in [0.15, 0.2) is 52.9 Å². The summed E-state index contributed by atoms with van der Waals surface area (Å²) in [5.41, 5.74) is 1.99. The largest absolute Gasteiger partial charge is 0.478 e. The molecule has 0 aliphatic heterocycles. The van der Waals surface area contributed by atoms with Gasteiger partial charge >= 0.3 is 5.97 Å². The van der Waals surface area contributed by atoms with Gasteiger partial charge in [0.15, 0.2) is 5.58 Å². The first kappa shape index (κ1) is 11.3. The van der Waals surface area contributed by atoms with Gasteiger partial charge in [-0.2, -0.15) is 4.98 Å². The van der Waals surface area contributed by atoms with Gasteiger partial charge in [-0.1, -0.05) is 24.3 Å². The summed E-state index contributed by atoms with van der Waals surface area (Å²) in [7, 11) is 0. The summed E-state index contributed by atoms with van der Waals surface area (Å²) >= 11 is 0. The van der Waals surface area contributed by atoms with Gasteiger partial charge < -0.3 is 14.8 Å². The number of anilines is 2. The quantitative estimate of drug-likeness (QED) is 0.750. The number of fused-ring (bicyclic) bond motifs is 1. The Morgan fingerprint density at radius 3 is 2.63 bits per heavy atom. The van der Waals surface area contributed by atoms with Crippen molar-refractivity contribution in [2.24, 2.45) is 0 Å². The Hall–Kier alpha value is -2.82. The third-order valence-electron chi connectivity index (χ3n) is 2.69. The summed E-state index contributed by atoms with van der Waals surface area (Å²) in [4.78, 5) is 15.3. The molecule has 5 heteroatoms. The maximum Gasteiger partial charge on any atom is 0.337 e. The number of aromatic carboxylic acids is 1. The van der Waals surface area contributed by atoms with E-state index in [0.29, 0.717) is 11.3 Å². The molecule has 0 spiro atoms. The number of carbonyl (C=O) groups is 1. The van der Waals surface area contributed by atoms with Gasteiger partial charge in [-0.05, 0) is 24.3 Å². The monoisotopic (exact) mass is 254 g/mol. The average Bonchev–Trinajstić information content (AvgIpc) is 2.81. The Balaban J connectivity index is 1.99. The van der Waals surface area contributed by atoms with Crippen LogP contribution in [0.3, 0.4) is 0 Å². The minimum absolute atomic E-state index is 0.171. The molecular weight excluding hydrogens is 244 g/mol. The van der Waals surface area contributed by atoms with E-state index in [4.69, 9.17) is 9.52 Å². The molecular formula is C14H10N2O3. The lowest BCUT2D eigenvalue weighted by molar-refractivity contribution is 0.0698. The molecule has 0 amide bonds. The normalized spacial score (nSPS) is 10.5. The van der Waals surface area contributed by atoms with Crippen LogP contribution in [0.2, 0.25) is 0 Å². The Kier molecular flexibility index (Phi) is 2.64. The minimum Gasteiger partial charge on any atom is -0.478 e. The van der Waals surface area contributed by atoms with E-state index in [9.17, 15) is 4.79 Å². The van der Waals surface area contributed by atoms with E-state index in [-0.39, 0.29) is 11.6 Å². The minimum atomic E-state index is -1.00. The fraction of sp³-hybridized carbons (Fsp3) is 0. The van der Waals surface area contributed by atoms with Crippen LogP contribution in [-0.4, -0.2) is 16.1 Å². The number of nitrogens with one attached hydrogen (secondary N) is 1. The van der Waals surface area contributed by atoms with Crippen molar-refractivity contribution in [3.63, 3.8) is 0 Å². The molecule has 94 valence electrons. The van der Waals surface area contributed by atoms with Crippen LogP contribution >= 0.6 is 0 Å². The van der Waals surface area contributed by atoms with Crippen molar-refractivity contribution >= 4 is 28.8 Å². The second-order valence-corrected chi connectivity index (χ2v) is 3.96. The van der Waals surface area contributed by atoms with Gasteiger partial charge in [-0.3, -0.25) is 0 Å². The van der Waals surface area contributed by atoms with Crippen molar-refractivity contribution < 1.29 is 14.3 Å². The van der Waals surface area contributed by atoms with Crippen LogP contribution in [-0.2, 0) is 0 Å². The van der Waals surface area contributed by atoms with Crippen molar-refractivity contribution in [3.05, 3.63) is 54.1 Å². The summed E-state index contributed by atoms with van der Waals surface area (Å²) in [5.74, 6) is -1.00. The summed E-state index contributed by atoms with van der Waals surface area (Å²) in [6, 6.07) is 14.2. The standard InChI is InChI=1S/C14H10N2O3/c17-13(18)9-5-1-2-6-10(9)15-14-16-11-7-3-4-8-12(11)19-14/h1-8H,(H,15,16)(H,17,18). The van der Waals surface area contributed by atoms with Gasteiger partial charge in [0.2, 0.25) is 0 Å². The smallest absolute Gasteiger partial charge is 0.337 e. The Bertz CT molecular complexity index is 716. The number of rotatable bonds is 3. The number of nitrogens with zero attached hydrogens (tertiary/aromatic N) is 1. The first-order chi connectivity index (χ1) is 9.24. The zero-order chi connectivity index (χ0) is 13.2. The van der Waals surface area contributed by atoms with Gasteiger partial charge in [0, 0.05) is 0 Å². The first-order valence-corrected chi connectivity index (χ1v) is 5.69. The summed E-state index contributed by atoms with van der Waals surface area (Å²) < 4.78 is 5.49. The SMILES string of the molecule is O=C(O)c1ccccc1Nc1nc2ccccc2o1. The van der Waals surface area contributed by atoms with Crippen LogP contribution < -0.4 is 5.32 Å². The number of hydrogen-bond acceptors (Lipinski definition) is 4. The van der Waals surface area contributed by atoms with Crippen LogP contribution in [0.5, 0.6) is 0 Å². The molecule has 0 bridgehead atoms. The number of aromatic nitrogens is 1. The van der Waals surface area contributed by atoms with Crippen molar-refractivity contribution in [2.75, 3.05) is 5.32 Å². The topological polar surface area (TPSA) is 75.4 Å².